The van der Waals surface area contributed by atoms with Crippen LogP contribution in [-0.4, -0.2) is 31.7 Å². The summed E-state index contributed by atoms with van der Waals surface area (Å²) < 4.78 is 38.8. The minimum atomic E-state index is -2.96. The third-order valence-electron chi connectivity index (χ3n) is 3.71. The van der Waals surface area contributed by atoms with Crippen LogP contribution in [0.3, 0.4) is 0 Å². The quantitative estimate of drug-likeness (QED) is 0.679. The predicted octanol–water partition coefficient (Wildman–Crippen LogP) is 4.44. The van der Waals surface area contributed by atoms with Crippen molar-refractivity contribution in [2.75, 3.05) is 12.4 Å². The van der Waals surface area contributed by atoms with Gasteiger partial charge in [-0.1, -0.05) is 11.6 Å². The Bertz CT molecular complexity index is 858. The van der Waals surface area contributed by atoms with Crippen LogP contribution in [0.1, 0.15) is 22.8 Å². The van der Waals surface area contributed by atoms with Crippen LogP contribution >= 0.6 is 11.6 Å². The number of hydrogen-bond donors (Lipinski definition) is 1. The summed E-state index contributed by atoms with van der Waals surface area (Å²) in [5.41, 5.74) is 1.19. The van der Waals surface area contributed by atoms with Gasteiger partial charge in [0.15, 0.2) is 6.10 Å². The maximum Gasteiger partial charge on any atom is 0.387 e. The summed E-state index contributed by atoms with van der Waals surface area (Å²) in [6.45, 7) is 0.203. The fourth-order valence-corrected chi connectivity index (χ4v) is 2.37. The summed E-state index contributed by atoms with van der Waals surface area (Å²) in [5.74, 6) is -1.10. The molecule has 0 saturated carbocycles. The molecular weight excluding hydrogens is 396 g/mol. The topological polar surface area (TPSA) is 73.9 Å². The van der Waals surface area contributed by atoms with Crippen LogP contribution in [0.15, 0.2) is 36.4 Å². The monoisotopic (exact) mass is 413 g/mol. The zero-order valence-corrected chi connectivity index (χ0v) is 16.0. The van der Waals surface area contributed by atoms with Crippen molar-refractivity contribution in [3.05, 3.63) is 52.5 Å². The molecule has 150 valence electrons. The van der Waals surface area contributed by atoms with Crippen LogP contribution in [0.5, 0.6) is 11.5 Å². The number of carbonyl (C=O) groups excluding carboxylic acids is 2. The maximum absolute atomic E-state index is 12.3. The van der Waals surface area contributed by atoms with E-state index in [0.717, 1.165) is 5.56 Å². The van der Waals surface area contributed by atoms with Gasteiger partial charge < -0.3 is 19.5 Å². The number of rotatable bonds is 7. The largest absolute Gasteiger partial charge is 0.495 e. The molecular formula is C19H18ClF2NO5. The van der Waals surface area contributed by atoms with Gasteiger partial charge in [0.05, 0.1) is 18.4 Å². The maximum atomic E-state index is 12.3. The zero-order valence-electron chi connectivity index (χ0n) is 15.3. The average molecular weight is 414 g/mol. The molecule has 0 heterocycles. The molecule has 6 nitrogen and oxygen atoms in total. The molecule has 28 heavy (non-hydrogen) atoms. The smallest absolute Gasteiger partial charge is 0.387 e. The Labute approximate surface area is 165 Å². The summed E-state index contributed by atoms with van der Waals surface area (Å²) in [4.78, 5) is 24.5. The van der Waals surface area contributed by atoms with Crippen molar-refractivity contribution in [2.24, 2.45) is 0 Å². The Kier molecular flexibility index (Phi) is 7.17. The second-order valence-corrected chi connectivity index (χ2v) is 6.15. The number of halogens is 3. The van der Waals surface area contributed by atoms with Gasteiger partial charge in [-0.25, -0.2) is 4.79 Å². The number of anilines is 1. The fraction of sp³-hybridized carbons (Fsp3) is 0.263. The number of amides is 1. The molecule has 0 saturated heterocycles. The van der Waals surface area contributed by atoms with E-state index >= 15 is 0 Å². The van der Waals surface area contributed by atoms with Gasteiger partial charge in [-0.3, -0.25) is 4.79 Å². The van der Waals surface area contributed by atoms with Gasteiger partial charge in [0, 0.05) is 11.1 Å². The molecule has 0 fully saturated rings. The van der Waals surface area contributed by atoms with Crippen molar-refractivity contribution in [1.82, 2.24) is 0 Å². The molecule has 0 aliphatic rings. The van der Waals surface area contributed by atoms with Crippen LogP contribution in [-0.2, 0) is 9.53 Å². The summed E-state index contributed by atoms with van der Waals surface area (Å²) in [7, 11) is 1.43. The highest BCUT2D eigenvalue weighted by Gasteiger charge is 2.21. The van der Waals surface area contributed by atoms with E-state index in [1.54, 1.807) is 19.1 Å². The molecule has 0 radical (unpaired) electrons. The number of nitrogens with one attached hydrogen (secondary N) is 1. The zero-order chi connectivity index (χ0) is 20.8. The summed E-state index contributed by atoms with van der Waals surface area (Å²) >= 11 is 6.03. The summed E-state index contributed by atoms with van der Waals surface area (Å²) in [6.07, 6.45) is -1.12. The molecule has 2 aromatic carbocycles. The molecule has 1 amide bonds. The molecule has 0 aromatic heterocycles. The molecule has 1 N–H and O–H groups in total. The second-order valence-electron chi connectivity index (χ2n) is 5.74. The van der Waals surface area contributed by atoms with E-state index in [4.69, 9.17) is 21.1 Å². The van der Waals surface area contributed by atoms with Gasteiger partial charge in [-0.2, -0.15) is 8.78 Å². The van der Waals surface area contributed by atoms with Crippen molar-refractivity contribution < 1.29 is 32.6 Å². The molecule has 0 aliphatic carbocycles. The first-order chi connectivity index (χ1) is 13.2. The molecule has 0 spiro atoms. The Balaban J connectivity index is 2.02. The normalized spacial score (nSPS) is 11.7. The first-order valence-corrected chi connectivity index (χ1v) is 8.50. The first-order valence-electron chi connectivity index (χ1n) is 8.12. The van der Waals surface area contributed by atoms with E-state index in [2.05, 4.69) is 10.1 Å². The van der Waals surface area contributed by atoms with Crippen molar-refractivity contribution in [3.63, 3.8) is 0 Å². The van der Waals surface area contributed by atoms with Crippen molar-refractivity contribution in [2.45, 2.75) is 26.6 Å². The number of aryl methyl sites for hydroxylation is 1. The van der Waals surface area contributed by atoms with E-state index in [1.165, 1.54) is 38.3 Å². The standard InChI is InChI=1S/C19H18ClF2NO5/c1-10-8-15(16(26-3)9-14(10)20)23-17(24)11(2)27-18(25)12-4-6-13(7-5-12)28-19(21)22/h4-9,11,19H,1-3H3,(H,23,24). The Hall–Kier alpha value is -2.87. The van der Waals surface area contributed by atoms with Gasteiger partial charge in [-0.05, 0) is 49.7 Å². The third-order valence-corrected chi connectivity index (χ3v) is 4.11. The highest BCUT2D eigenvalue weighted by molar-refractivity contribution is 6.31. The van der Waals surface area contributed by atoms with Crippen LogP contribution in [0.2, 0.25) is 5.02 Å². The molecule has 1 atom stereocenters. The average Bonchev–Trinajstić information content (AvgIpc) is 2.64. The molecule has 0 bridgehead atoms. The highest BCUT2D eigenvalue weighted by atomic mass is 35.5. The van der Waals surface area contributed by atoms with E-state index in [1.807, 2.05) is 0 Å². The van der Waals surface area contributed by atoms with Crippen molar-refractivity contribution in [1.29, 1.82) is 0 Å². The third kappa shape index (κ3) is 5.56. The number of benzene rings is 2. The lowest BCUT2D eigenvalue weighted by atomic mass is 10.2. The van der Waals surface area contributed by atoms with E-state index in [0.29, 0.717) is 16.5 Å². The number of esters is 1. The number of carbonyl (C=O) groups is 2. The van der Waals surface area contributed by atoms with Crippen LogP contribution < -0.4 is 14.8 Å². The second kappa shape index (κ2) is 9.36. The highest BCUT2D eigenvalue weighted by Crippen LogP contribution is 2.31. The van der Waals surface area contributed by atoms with Gasteiger partial charge in [0.2, 0.25) is 0 Å². The van der Waals surface area contributed by atoms with Crippen molar-refractivity contribution >= 4 is 29.2 Å². The fourth-order valence-electron chi connectivity index (χ4n) is 2.22. The van der Waals surface area contributed by atoms with Crippen LogP contribution in [0.25, 0.3) is 0 Å². The van der Waals surface area contributed by atoms with E-state index < -0.39 is 24.6 Å². The lowest BCUT2D eigenvalue weighted by molar-refractivity contribution is -0.123. The lowest BCUT2D eigenvalue weighted by Gasteiger charge is -2.16. The van der Waals surface area contributed by atoms with Crippen LogP contribution in [0.4, 0.5) is 14.5 Å². The Morgan fingerprint density at radius 3 is 2.36 bits per heavy atom. The van der Waals surface area contributed by atoms with Gasteiger partial charge in [0.1, 0.15) is 11.5 Å². The molecule has 9 heteroatoms. The molecule has 2 rings (SSSR count). The Morgan fingerprint density at radius 2 is 1.79 bits per heavy atom. The Morgan fingerprint density at radius 1 is 1.14 bits per heavy atom. The minimum Gasteiger partial charge on any atom is -0.495 e. The molecule has 1 unspecified atom stereocenters. The van der Waals surface area contributed by atoms with Crippen LogP contribution in [0, 0.1) is 6.92 Å². The van der Waals surface area contributed by atoms with Gasteiger partial charge in [-0.15, -0.1) is 0 Å². The van der Waals surface area contributed by atoms with E-state index in [-0.39, 0.29) is 11.3 Å². The number of hydrogen-bond acceptors (Lipinski definition) is 5. The lowest BCUT2D eigenvalue weighted by Crippen LogP contribution is -2.30. The number of ether oxygens (including phenoxy) is 3. The minimum absolute atomic E-state index is 0.0844. The molecule has 0 aliphatic heterocycles. The predicted molar refractivity (Wildman–Crippen MR) is 99.3 cm³/mol. The van der Waals surface area contributed by atoms with Crippen molar-refractivity contribution in [3.8, 4) is 11.5 Å². The summed E-state index contributed by atoms with van der Waals surface area (Å²) in [6, 6.07) is 8.12. The number of methoxy groups -OCH3 is 1. The van der Waals surface area contributed by atoms with E-state index in [9.17, 15) is 18.4 Å². The SMILES string of the molecule is COc1cc(Cl)c(C)cc1NC(=O)C(C)OC(=O)c1ccc(OC(F)F)cc1. The van der Waals surface area contributed by atoms with Gasteiger partial charge >= 0.3 is 12.6 Å². The molecule has 2 aromatic rings. The summed E-state index contributed by atoms with van der Waals surface area (Å²) in [5, 5.41) is 3.09. The number of alkyl halides is 2. The first kappa shape index (κ1) is 21.4. The van der Waals surface area contributed by atoms with Gasteiger partial charge in [0.25, 0.3) is 5.91 Å².